The summed E-state index contributed by atoms with van der Waals surface area (Å²) >= 11 is 0. The molecular formula is B4O8W. The van der Waals surface area contributed by atoms with Crippen LogP contribution in [0.5, 0.6) is 0 Å². The summed E-state index contributed by atoms with van der Waals surface area (Å²) in [7, 11) is -2.00. The first-order valence-electron chi connectivity index (χ1n) is 1.89. The van der Waals surface area contributed by atoms with Crippen LogP contribution >= 0.6 is 0 Å². The van der Waals surface area contributed by atoms with Gasteiger partial charge in [0.25, 0.3) is 0 Å². The summed E-state index contributed by atoms with van der Waals surface area (Å²) in [5, 5.41) is 33.0. The molecule has 0 spiro atoms. The number of hydrogen-bond donors (Lipinski definition) is 0. The van der Waals surface area contributed by atoms with Gasteiger partial charge in [0.2, 0.25) is 0 Å². The summed E-state index contributed by atoms with van der Waals surface area (Å²) in [6.45, 7) is 0. The molecule has 0 amide bonds. The Balaban J connectivity index is -0.0000000213. The molecule has 13 heavy (non-hydrogen) atoms. The maximum atomic E-state index is 8.25. The molecule has 0 fully saturated rings. The average Bonchev–Trinajstić information content (AvgIpc) is 1.92. The second-order valence-electron chi connectivity index (χ2n) is 0.385. The van der Waals surface area contributed by atoms with Crippen LogP contribution in [0.2, 0.25) is 0 Å². The molecular weight excluding hydrogens is 355 g/mol. The third-order valence-corrected chi connectivity index (χ3v) is 0. The Morgan fingerprint density at radius 3 is 0.538 bits per heavy atom. The molecule has 0 atom stereocenters. The van der Waals surface area contributed by atoms with Crippen molar-refractivity contribution in [3.05, 3.63) is 0 Å². The molecule has 0 saturated carbocycles. The molecule has 0 aliphatic rings. The van der Waals surface area contributed by atoms with E-state index in [9.17, 15) is 0 Å². The third-order valence-electron chi connectivity index (χ3n) is 0. The Hall–Kier alpha value is -0.652. The minimum Gasteiger partial charge on any atom is 4.00 e. The zero-order chi connectivity index (χ0) is 10.8. The van der Waals surface area contributed by atoms with E-state index in [1.807, 2.05) is 0 Å². The average molecular weight is 355 g/mol. The van der Waals surface area contributed by atoms with E-state index >= 15 is 0 Å². The standard InChI is InChI=1S/4BO2.W/c4*2-1-3;/q4*-1;+4. The van der Waals surface area contributed by atoms with E-state index in [1.165, 1.54) is 0 Å². The molecule has 0 aromatic carbocycles. The molecule has 0 heterocycles. The van der Waals surface area contributed by atoms with Gasteiger partial charge in [0.1, 0.15) is 0 Å². The van der Waals surface area contributed by atoms with E-state index in [2.05, 4.69) is 0 Å². The predicted octanol–water partition coefficient (Wildman–Crippen LogP) is -6.76. The Morgan fingerprint density at radius 2 is 0.538 bits per heavy atom. The van der Waals surface area contributed by atoms with E-state index < -0.39 is 29.4 Å². The van der Waals surface area contributed by atoms with Crippen LogP contribution in [0.15, 0.2) is 0 Å². The number of rotatable bonds is 0. The second kappa shape index (κ2) is 108. The van der Waals surface area contributed by atoms with Gasteiger partial charge in [0.15, 0.2) is 0 Å². The van der Waals surface area contributed by atoms with Crippen molar-refractivity contribution in [2.24, 2.45) is 0 Å². The van der Waals surface area contributed by atoms with Crippen LogP contribution in [0.1, 0.15) is 0 Å². The first kappa shape index (κ1) is 29.5. The maximum absolute atomic E-state index is 8.25. The molecule has 0 saturated heterocycles. The van der Waals surface area contributed by atoms with Gasteiger partial charge in [-0.05, 0) is 0 Å². The molecule has 66 valence electrons. The van der Waals surface area contributed by atoms with Crippen molar-refractivity contribution in [2.75, 3.05) is 0 Å². The fourth-order valence-corrected chi connectivity index (χ4v) is 0. The molecule has 0 aromatic heterocycles. The summed E-state index contributed by atoms with van der Waals surface area (Å²) in [6, 6.07) is 0. The Kier molecular flexibility index (Phi) is 246. The van der Waals surface area contributed by atoms with Crippen LogP contribution in [0.3, 0.4) is 0 Å². The van der Waals surface area contributed by atoms with Crippen LogP contribution in [0, 0.1) is 0 Å². The molecule has 8 nitrogen and oxygen atoms in total. The Labute approximate surface area is 89.8 Å². The summed E-state index contributed by atoms with van der Waals surface area (Å²) in [5.74, 6) is 0. The molecule has 0 bridgehead atoms. The Morgan fingerprint density at radius 1 is 0.538 bits per heavy atom. The van der Waals surface area contributed by atoms with Crippen molar-refractivity contribution >= 4 is 29.4 Å². The molecule has 0 rings (SSSR count). The van der Waals surface area contributed by atoms with Gasteiger partial charge in [-0.2, -0.15) is 0 Å². The van der Waals surface area contributed by atoms with Crippen LogP contribution in [-0.2, 0) is 39.9 Å². The van der Waals surface area contributed by atoms with Crippen molar-refractivity contribution < 1.29 is 60.0 Å². The SMILES string of the molecule is O=B[O-].O=B[O-].O=B[O-].O=B[O-].[W+4]. The summed E-state index contributed by atoms with van der Waals surface area (Å²) < 4.78 is 33.0. The molecule has 0 aromatic rings. The Bertz CT molecular complexity index is 70.1. The van der Waals surface area contributed by atoms with Gasteiger partial charge >= 0.3 is 89.4 Å². The fraction of sp³-hybridized carbons (Fsp3) is 0. The van der Waals surface area contributed by atoms with Crippen molar-refractivity contribution in [3.8, 4) is 0 Å². The fourth-order valence-electron chi connectivity index (χ4n) is 0. The predicted molar refractivity (Wildman–Crippen MR) is 25.8 cm³/mol. The van der Waals surface area contributed by atoms with Crippen LogP contribution in [-0.4, -0.2) is 29.4 Å². The largest absolute Gasteiger partial charge is 4.00 e. The minimum absolute atomic E-state index is 0. The monoisotopic (exact) mass is 356 g/mol. The van der Waals surface area contributed by atoms with Gasteiger partial charge in [-0.3, -0.25) is 0 Å². The first-order valence-corrected chi connectivity index (χ1v) is 1.89. The second-order valence-corrected chi connectivity index (χ2v) is 0.385. The van der Waals surface area contributed by atoms with E-state index in [4.69, 9.17) is 38.9 Å². The van der Waals surface area contributed by atoms with E-state index in [-0.39, 0.29) is 21.1 Å². The van der Waals surface area contributed by atoms with Crippen molar-refractivity contribution in [3.63, 3.8) is 0 Å². The van der Waals surface area contributed by atoms with Gasteiger partial charge in [-0.15, -0.1) is 0 Å². The van der Waals surface area contributed by atoms with Gasteiger partial charge in [-0.25, -0.2) is 0 Å². The van der Waals surface area contributed by atoms with E-state index in [0.29, 0.717) is 0 Å². The first-order chi connectivity index (χ1) is 5.66. The van der Waals surface area contributed by atoms with Crippen LogP contribution in [0.4, 0.5) is 0 Å². The summed E-state index contributed by atoms with van der Waals surface area (Å²) in [4.78, 5) is 0. The van der Waals surface area contributed by atoms with Gasteiger partial charge in [0, 0.05) is 0 Å². The van der Waals surface area contributed by atoms with Crippen molar-refractivity contribution in [1.29, 1.82) is 0 Å². The van der Waals surface area contributed by atoms with Crippen LogP contribution in [0.25, 0.3) is 0 Å². The van der Waals surface area contributed by atoms with Crippen molar-refractivity contribution in [2.45, 2.75) is 0 Å². The minimum atomic E-state index is -0.500. The molecule has 13 heteroatoms. The molecule has 0 radical (unpaired) electrons. The molecule has 0 aliphatic carbocycles. The smallest absolute Gasteiger partial charge is 4.00 e. The summed E-state index contributed by atoms with van der Waals surface area (Å²) in [6.07, 6.45) is 0. The van der Waals surface area contributed by atoms with Gasteiger partial charge < -0.3 is 0 Å². The molecule has 0 unspecified atom stereocenters. The third kappa shape index (κ3) is 2330. The van der Waals surface area contributed by atoms with Crippen molar-refractivity contribution in [1.82, 2.24) is 0 Å². The molecule has 0 aliphatic heterocycles. The quantitative estimate of drug-likeness (QED) is 0.387. The number of hydrogen-bond acceptors (Lipinski definition) is 8. The normalized spacial score (nSPS) is 2.46. The van der Waals surface area contributed by atoms with Gasteiger partial charge in [-0.1, -0.05) is 0 Å². The van der Waals surface area contributed by atoms with E-state index in [1.54, 1.807) is 0 Å². The molecule has 0 N–H and O–H groups in total. The van der Waals surface area contributed by atoms with Gasteiger partial charge in [0.05, 0.1) is 0 Å². The van der Waals surface area contributed by atoms with E-state index in [0.717, 1.165) is 0 Å². The topological polar surface area (TPSA) is 161 Å². The maximum Gasteiger partial charge on any atom is 4.00 e. The summed E-state index contributed by atoms with van der Waals surface area (Å²) in [5.41, 5.74) is 0. The van der Waals surface area contributed by atoms with Crippen LogP contribution < -0.4 is 20.1 Å². The zero-order valence-corrected chi connectivity index (χ0v) is 8.92. The zero-order valence-electron chi connectivity index (χ0n) is 5.98.